The minimum Gasteiger partial charge on any atom is -0.255 e. The van der Waals surface area contributed by atoms with E-state index in [0.29, 0.717) is 5.56 Å². The predicted molar refractivity (Wildman–Crippen MR) is 59.8 cm³/mol. The first-order valence-corrected chi connectivity index (χ1v) is 6.07. The molecule has 0 aliphatic heterocycles. The fourth-order valence-corrected chi connectivity index (χ4v) is 2.07. The van der Waals surface area contributed by atoms with Crippen molar-refractivity contribution in [3.63, 3.8) is 0 Å². The molecule has 0 amide bonds. The van der Waals surface area contributed by atoms with Crippen LogP contribution in [0.3, 0.4) is 0 Å². The summed E-state index contributed by atoms with van der Waals surface area (Å²) < 4.78 is 27.5. The lowest BCUT2D eigenvalue weighted by Gasteiger charge is -2.10. The van der Waals surface area contributed by atoms with Gasteiger partial charge < -0.3 is 0 Å². The van der Waals surface area contributed by atoms with Crippen LogP contribution in [0.15, 0.2) is 18.3 Å². The molecule has 7 heteroatoms. The van der Waals surface area contributed by atoms with Crippen LogP contribution in [0, 0.1) is 11.3 Å². The first kappa shape index (κ1) is 12.4. The van der Waals surface area contributed by atoms with Gasteiger partial charge in [-0.15, -0.1) is 0 Å². The summed E-state index contributed by atoms with van der Waals surface area (Å²) in [6.07, 6.45) is 1.30. The van der Waals surface area contributed by atoms with Gasteiger partial charge in [0.15, 0.2) is 0 Å². The van der Waals surface area contributed by atoms with Gasteiger partial charge in [-0.1, -0.05) is 0 Å². The standard InChI is InChI=1S/C9H12N4O2S/c1-7(2)12-16(14,15)13-9-4-3-8(5-10)6-11-9/h3-4,6-7,12H,1-2H3,(H,11,13). The maximum atomic E-state index is 11.4. The number of aromatic nitrogens is 1. The van der Waals surface area contributed by atoms with Crippen LogP contribution in [-0.4, -0.2) is 19.4 Å². The molecule has 1 heterocycles. The number of anilines is 1. The predicted octanol–water partition coefficient (Wildman–Crippen LogP) is 0.608. The second-order valence-corrected chi connectivity index (χ2v) is 4.87. The van der Waals surface area contributed by atoms with Crippen LogP contribution in [0.1, 0.15) is 19.4 Å². The summed E-state index contributed by atoms with van der Waals surface area (Å²) in [6, 6.07) is 4.61. The molecule has 0 fully saturated rings. The molecule has 86 valence electrons. The molecular weight excluding hydrogens is 228 g/mol. The van der Waals surface area contributed by atoms with Crippen molar-refractivity contribution in [3.05, 3.63) is 23.9 Å². The minimum absolute atomic E-state index is 0.173. The molecule has 6 nitrogen and oxygen atoms in total. The van der Waals surface area contributed by atoms with E-state index in [0.717, 1.165) is 0 Å². The molecular formula is C9H12N4O2S. The number of pyridine rings is 1. The molecule has 0 aliphatic rings. The number of nitrogens with zero attached hydrogens (tertiary/aromatic N) is 2. The Balaban J connectivity index is 2.77. The molecule has 0 saturated carbocycles. The van der Waals surface area contributed by atoms with Gasteiger partial charge in [0.05, 0.1) is 5.56 Å². The molecule has 1 rings (SSSR count). The molecule has 0 spiro atoms. The van der Waals surface area contributed by atoms with Gasteiger partial charge in [0.1, 0.15) is 11.9 Å². The Labute approximate surface area is 94.5 Å². The summed E-state index contributed by atoms with van der Waals surface area (Å²) in [5, 5.41) is 8.54. The lowest BCUT2D eigenvalue weighted by atomic mass is 10.3. The van der Waals surface area contributed by atoms with E-state index in [2.05, 4.69) is 14.4 Å². The van der Waals surface area contributed by atoms with Crippen molar-refractivity contribution in [1.29, 1.82) is 5.26 Å². The summed E-state index contributed by atoms with van der Waals surface area (Å²) in [5.41, 5.74) is 0.375. The highest BCUT2D eigenvalue weighted by Crippen LogP contribution is 2.05. The molecule has 0 bridgehead atoms. The van der Waals surface area contributed by atoms with Crippen LogP contribution in [0.4, 0.5) is 5.82 Å². The largest absolute Gasteiger partial charge is 0.300 e. The molecule has 0 aliphatic carbocycles. The summed E-state index contributed by atoms with van der Waals surface area (Å²) >= 11 is 0. The zero-order valence-electron chi connectivity index (χ0n) is 8.93. The maximum absolute atomic E-state index is 11.4. The number of nitriles is 1. The SMILES string of the molecule is CC(C)NS(=O)(=O)Nc1ccc(C#N)cn1. The van der Waals surface area contributed by atoms with Gasteiger partial charge in [-0.25, -0.2) is 4.98 Å². The molecule has 0 saturated heterocycles. The molecule has 0 atom stereocenters. The second-order valence-electron chi connectivity index (χ2n) is 3.42. The second kappa shape index (κ2) is 4.92. The molecule has 1 aromatic heterocycles. The van der Waals surface area contributed by atoms with Crippen LogP contribution in [0.25, 0.3) is 0 Å². The van der Waals surface area contributed by atoms with Gasteiger partial charge in [-0.05, 0) is 26.0 Å². The van der Waals surface area contributed by atoms with Crippen molar-refractivity contribution < 1.29 is 8.42 Å². The first-order valence-electron chi connectivity index (χ1n) is 4.59. The topological polar surface area (TPSA) is 94.9 Å². The van der Waals surface area contributed by atoms with Crippen LogP contribution >= 0.6 is 0 Å². The Morgan fingerprint density at radius 1 is 1.44 bits per heavy atom. The number of hydrogen-bond acceptors (Lipinski definition) is 4. The van der Waals surface area contributed by atoms with Crippen LogP contribution in [0.2, 0.25) is 0 Å². The highest BCUT2D eigenvalue weighted by Gasteiger charge is 2.11. The zero-order valence-corrected chi connectivity index (χ0v) is 9.75. The molecule has 0 aromatic carbocycles. The first-order chi connectivity index (χ1) is 7.43. The van der Waals surface area contributed by atoms with Gasteiger partial charge >= 0.3 is 0 Å². The molecule has 0 radical (unpaired) electrons. The van der Waals surface area contributed by atoms with Gasteiger partial charge in [-0.2, -0.15) is 18.4 Å². The smallest absolute Gasteiger partial charge is 0.255 e. The van der Waals surface area contributed by atoms with Crippen molar-refractivity contribution in [2.45, 2.75) is 19.9 Å². The van der Waals surface area contributed by atoms with E-state index in [1.165, 1.54) is 18.3 Å². The summed E-state index contributed by atoms with van der Waals surface area (Å²) in [5.74, 6) is 0.173. The number of rotatable bonds is 4. The van der Waals surface area contributed by atoms with E-state index < -0.39 is 10.2 Å². The van der Waals surface area contributed by atoms with Gasteiger partial charge in [0.2, 0.25) is 0 Å². The van der Waals surface area contributed by atoms with Crippen LogP contribution in [0.5, 0.6) is 0 Å². The molecule has 2 N–H and O–H groups in total. The summed E-state index contributed by atoms with van der Waals surface area (Å²) in [4.78, 5) is 3.79. The van der Waals surface area contributed by atoms with Gasteiger partial charge in [-0.3, -0.25) is 4.72 Å². The molecule has 1 aromatic rings. The Bertz CT molecular complexity index is 487. The third kappa shape index (κ3) is 3.84. The van der Waals surface area contributed by atoms with E-state index in [1.807, 2.05) is 6.07 Å². The van der Waals surface area contributed by atoms with Gasteiger partial charge in [0.25, 0.3) is 10.2 Å². The average Bonchev–Trinajstić information content (AvgIpc) is 2.16. The average molecular weight is 240 g/mol. The third-order valence-corrected chi connectivity index (χ3v) is 2.78. The molecule has 16 heavy (non-hydrogen) atoms. The lowest BCUT2D eigenvalue weighted by Crippen LogP contribution is -2.35. The fraction of sp³-hybridized carbons (Fsp3) is 0.333. The van der Waals surface area contributed by atoms with E-state index in [1.54, 1.807) is 13.8 Å². The van der Waals surface area contributed by atoms with Crippen molar-refractivity contribution in [1.82, 2.24) is 9.71 Å². The Morgan fingerprint density at radius 2 is 2.12 bits per heavy atom. The highest BCUT2D eigenvalue weighted by atomic mass is 32.2. The van der Waals surface area contributed by atoms with Crippen LogP contribution < -0.4 is 9.44 Å². The van der Waals surface area contributed by atoms with Gasteiger partial charge in [0, 0.05) is 12.2 Å². The van der Waals surface area contributed by atoms with E-state index in [-0.39, 0.29) is 11.9 Å². The van der Waals surface area contributed by atoms with Crippen molar-refractivity contribution >= 4 is 16.0 Å². The number of hydrogen-bond donors (Lipinski definition) is 2. The zero-order chi connectivity index (χ0) is 12.2. The highest BCUT2D eigenvalue weighted by molar-refractivity contribution is 7.90. The fourth-order valence-electron chi connectivity index (χ4n) is 0.998. The Kier molecular flexibility index (Phi) is 3.82. The number of nitrogens with one attached hydrogen (secondary N) is 2. The van der Waals surface area contributed by atoms with E-state index in [9.17, 15) is 8.42 Å². The summed E-state index contributed by atoms with van der Waals surface area (Å²) in [6.45, 7) is 3.43. The quantitative estimate of drug-likeness (QED) is 0.806. The molecule has 0 unspecified atom stereocenters. The minimum atomic E-state index is -3.60. The Hall–Kier alpha value is -1.65. The third-order valence-electron chi connectivity index (χ3n) is 1.52. The monoisotopic (exact) mass is 240 g/mol. The van der Waals surface area contributed by atoms with Crippen molar-refractivity contribution in [3.8, 4) is 6.07 Å². The lowest BCUT2D eigenvalue weighted by molar-refractivity contribution is 0.575. The van der Waals surface area contributed by atoms with E-state index in [4.69, 9.17) is 5.26 Å². The van der Waals surface area contributed by atoms with Crippen molar-refractivity contribution in [2.24, 2.45) is 0 Å². The maximum Gasteiger partial charge on any atom is 0.300 e. The summed E-state index contributed by atoms with van der Waals surface area (Å²) in [7, 11) is -3.60. The van der Waals surface area contributed by atoms with Crippen LogP contribution in [-0.2, 0) is 10.2 Å². The van der Waals surface area contributed by atoms with Crippen molar-refractivity contribution in [2.75, 3.05) is 4.72 Å². The normalized spacial score (nSPS) is 11.1. The Morgan fingerprint density at radius 3 is 2.56 bits per heavy atom. The van der Waals surface area contributed by atoms with E-state index >= 15 is 0 Å².